The number of piperidine rings is 1. The first-order valence-corrected chi connectivity index (χ1v) is 11.9. The quantitative estimate of drug-likeness (QED) is 0.615. The minimum atomic E-state index is -1.07. The van der Waals surface area contributed by atoms with Crippen molar-refractivity contribution in [2.75, 3.05) is 26.0 Å². The predicted octanol–water partition coefficient (Wildman–Crippen LogP) is 3.12. The molecule has 1 spiro atoms. The monoisotopic (exact) mass is 457 g/mol. The summed E-state index contributed by atoms with van der Waals surface area (Å²) in [6.45, 7) is 2.38. The molecule has 34 heavy (non-hydrogen) atoms. The van der Waals surface area contributed by atoms with Gasteiger partial charge in [0.05, 0.1) is 35.0 Å². The molecule has 1 saturated heterocycles. The molecule has 3 aromatic rings. The molecule has 1 aromatic heterocycles. The zero-order chi connectivity index (χ0) is 23.4. The molecule has 0 radical (unpaired) electrons. The van der Waals surface area contributed by atoms with Gasteiger partial charge in [0.25, 0.3) is 0 Å². The molecule has 2 N–H and O–H groups in total. The third-order valence-electron chi connectivity index (χ3n) is 8.71. The molecule has 1 amide bonds. The molecule has 2 aliphatic heterocycles. The highest BCUT2D eigenvalue weighted by Gasteiger charge is 2.72. The van der Waals surface area contributed by atoms with Crippen molar-refractivity contribution in [2.45, 2.75) is 49.3 Å². The Kier molecular flexibility index (Phi) is 3.86. The normalized spacial score (nSPS) is 30.4. The first-order valence-electron chi connectivity index (χ1n) is 11.9. The number of methoxy groups -OCH3 is 1. The van der Waals surface area contributed by atoms with Crippen LogP contribution in [0.15, 0.2) is 36.4 Å². The van der Waals surface area contributed by atoms with Crippen LogP contribution in [0, 0.1) is 0 Å². The van der Waals surface area contributed by atoms with Gasteiger partial charge in [-0.15, -0.1) is 0 Å². The van der Waals surface area contributed by atoms with Crippen LogP contribution >= 0.6 is 0 Å². The Bertz CT molecular complexity index is 1400. The molecular formula is C27H27N3O4. The Morgan fingerprint density at radius 2 is 2.12 bits per heavy atom. The van der Waals surface area contributed by atoms with Gasteiger partial charge in [-0.3, -0.25) is 4.79 Å². The third-order valence-corrected chi connectivity index (χ3v) is 8.71. The smallest absolute Gasteiger partial charge is 0.221 e. The summed E-state index contributed by atoms with van der Waals surface area (Å²) in [5, 5.41) is 16.7. The summed E-state index contributed by atoms with van der Waals surface area (Å²) in [6, 6.07) is 11.9. The minimum absolute atomic E-state index is 0.0657. The summed E-state index contributed by atoms with van der Waals surface area (Å²) in [7, 11) is 3.75. The maximum absolute atomic E-state index is 12.7. The van der Waals surface area contributed by atoms with Gasteiger partial charge < -0.3 is 24.8 Å². The molecule has 7 nitrogen and oxygen atoms in total. The number of anilines is 1. The van der Waals surface area contributed by atoms with Crippen LogP contribution in [-0.4, -0.2) is 53.2 Å². The highest BCUT2D eigenvalue weighted by atomic mass is 16.5. The number of ether oxygens (including phenoxy) is 2. The number of likely N-dealkylation sites (N-methyl/N-ethyl adjacent to an activating group) is 1. The van der Waals surface area contributed by atoms with E-state index in [1.54, 1.807) is 7.11 Å². The van der Waals surface area contributed by atoms with Gasteiger partial charge in [-0.05, 0) is 44.1 Å². The SMILES string of the molecule is COc1ccc2c3c1OC1c4nc5ccccc5c(NC(C)=O)c4CC4(O)[C@@H](C2)N(C)CC[C@]314. The lowest BCUT2D eigenvalue weighted by molar-refractivity contribution is -0.167. The summed E-state index contributed by atoms with van der Waals surface area (Å²) in [5.74, 6) is 1.27. The topological polar surface area (TPSA) is 83.9 Å². The average molecular weight is 458 g/mol. The Hall–Kier alpha value is -3.16. The van der Waals surface area contributed by atoms with Crippen molar-refractivity contribution in [3.05, 3.63) is 58.8 Å². The van der Waals surface area contributed by atoms with Crippen molar-refractivity contribution >= 4 is 22.5 Å². The number of fused-ring (bicyclic) bond motifs is 3. The van der Waals surface area contributed by atoms with Crippen molar-refractivity contribution in [3.8, 4) is 11.5 Å². The number of hydrogen-bond donors (Lipinski definition) is 2. The van der Waals surface area contributed by atoms with E-state index in [1.807, 2.05) is 30.3 Å². The van der Waals surface area contributed by atoms with Gasteiger partial charge in [0.2, 0.25) is 5.91 Å². The molecule has 7 heteroatoms. The summed E-state index contributed by atoms with van der Waals surface area (Å²) in [5.41, 5.74) is 3.83. The maximum Gasteiger partial charge on any atom is 0.221 e. The van der Waals surface area contributed by atoms with E-state index in [0.29, 0.717) is 12.2 Å². The third kappa shape index (κ3) is 2.20. The first-order chi connectivity index (χ1) is 16.4. The number of nitrogens with one attached hydrogen (secondary N) is 1. The molecule has 1 fully saturated rings. The molecule has 0 saturated carbocycles. The van der Waals surface area contributed by atoms with Crippen LogP contribution in [-0.2, 0) is 23.1 Å². The summed E-state index contributed by atoms with van der Waals surface area (Å²) >= 11 is 0. The molecule has 3 heterocycles. The van der Waals surface area contributed by atoms with Crippen LogP contribution in [0.1, 0.15) is 41.8 Å². The number of nitrogens with zero attached hydrogens (tertiary/aromatic N) is 2. The van der Waals surface area contributed by atoms with Crippen molar-refractivity contribution in [3.63, 3.8) is 0 Å². The average Bonchev–Trinajstić information content (AvgIpc) is 3.17. The fraction of sp³-hybridized carbons (Fsp3) is 0.407. The van der Waals surface area contributed by atoms with E-state index in [9.17, 15) is 9.90 Å². The van der Waals surface area contributed by atoms with Gasteiger partial charge in [-0.1, -0.05) is 24.3 Å². The van der Waals surface area contributed by atoms with Gasteiger partial charge in [0.1, 0.15) is 0 Å². The number of para-hydroxylation sites is 1. The lowest BCUT2D eigenvalue weighted by atomic mass is 9.49. The number of benzene rings is 2. The summed E-state index contributed by atoms with van der Waals surface area (Å²) in [4.78, 5) is 19.7. The number of pyridine rings is 1. The predicted molar refractivity (Wildman–Crippen MR) is 127 cm³/mol. The summed E-state index contributed by atoms with van der Waals surface area (Å²) < 4.78 is 12.5. The molecule has 174 valence electrons. The molecule has 4 atom stereocenters. The molecule has 7 rings (SSSR count). The molecule has 4 aliphatic rings. The van der Waals surface area contributed by atoms with E-state index in [1.165, 1.54) is 12.5 Å². The van der Waals surface area contributed by atoms with Gasteiger partial charge >= 0.3 is 0 Å². The molecule has 2 bridgehead atoms. The van der Waals surface area contributed by atoms with E-state index >= 15 is 0 Å². The lowest BCUT2D eigenvalue weighted by Crippen LogP contribution is -2.74. The molecular weight excluding hydrogens is 430 g/mol. The fourth-order valence-corrected chi connectivity index (χ4v) is 7.33. The van der Waals surface area contributed by atoms with Gasteiger partial charge in [-0.2, -0.15) is 0 Å². The van der Waals surface area contributed by atoms with Crippen molar-refractivity contribution in [1.29, 1.82) is 0 Å². The van der Waals surface area contributed by atoms with Crippen molar-refractivity contribution < 1.29 is 19.4 Å². The number of aliphatic hydroxyl groups is 1. The molecule has 2 unspecified atom stereocenters. The second-order valence-corrected chi connectivity index (χ2v) is 10.2. The number of rotatable bonds is 2. The van der Waals surface area contributed by atoms with Crippen LogP contribution in [0.5, 0.6) is 11.5 Å². The second kappa shape index (κ2) is 6.49. The minimum Gasteiger partial charge on any atom is -0.493 e. The fourth-order valence-electron chi connectivity index (χ4n) is 7.33. The largest absolute Gasteiger partial charge is 0.493 e. The number of hydrogen-bond acceptors (Lipinski definition) is 6. The first kappa shape index (κ1) is 20.2. The molecule has 2 aliphatic carbocycles. The highest BCUT2D eigenvalue weighted by Crippen LogP contribution is 2.69. The standard InChI is InChI=1S/C27H27N3O4/c1-14(31)28-22-16-6-4-5-7-18(16)29-23-17(22)13-27(32)20-12-15-8-9-19(33-3)24-21(15)26(27,25(23)34-24)10-11-30(20)2/h4-9,20,25,32H,10-13H2,1-3H3,(H,28,29,31)/t20-,25?,26+,27?/m1/s1. The van der Waals surface area contributed by atoms with Crippen molar-refractivity contribution in [2.24, 2.45) is 0 Å². The van der Waals surface area contributed by atoms with Crippen LogP contribution in [0.2, 0.25) is 0 Å². The van der Waals surface area contributed by atoms with E-state index < -0.39 is 17.1 Å². The number of aromatic nitrogens is 1. The van der Waals surface area contributed by atoms with E-state index in [0.717, 1.165) is 58.5 Å². The molecule has 2 aromatic carbocycles. The Balaban J connectivity index is 1.59. The highest BCUT2D eigenvalue weighted by molar-refractivity contribution is 6.02. The van der Waals surface area contributed by atoms with Crippen LogP contribution in [0.4, 0.5) is 5.69 Å². The maximum atomic E-state index is 12.7. The number of likely N-dealkylation sites (tertiary alicyclic amines) is 1. The Labute approximate surface area is 197 Å². The van der Waals surface area contributed by atoms with Crippen LogP contribution < -0.4 is 14.8 Å². The van der Waals surface area contributed by atoms with Gasteiger partial charge in [-0.25, -0.2) is 4.98 Å². The van der Waals surface area contributed by atoms with Crippen LogP contribution in [0.25, 0.3) is 10.9 Å². The van der Waals surface area contributed by atoms with Gasteiger partial charge in [0, 0.05) is 35.9 Å². The second-order valence-electron chi connectivity index (χ2n) is 10.2. The Morgan fingerprint density at radius 3 is 2.91 bits per heavy atom. The lowest BCUT2D eigenvalue weighted by Gasteiger charge is -2.62. The van der Waals surface area contributed by atoms with Crippen LogP contribution in [0.3, 0.4) is 0 Å². The number of carbonyl (C=O) groups is 1. The van der Waals surface area contributed by atoms with E-state index in [4.69, 9.17) is 14.5 Å². The number of amides is 1. The van der Waals surface area contributed by atoms with E-state index in [2.05, 4.69) is 23.3 Å². The van der Waals surface area contributed by atoms with E-state index in [-0.39, 0.29) is 11.9 Å². The van der Waals surface area contributed by atoms with Gasteiger partial charge in [0.15, 0.2) is 17.6 Å². The summed E-state index contributed by atoms with van der Waals surface area (Å²) in [6.07, 6.45) is 1.45. The zero-order valence-electron chi connectivity index (χ0n) is 19.5. The number of carbonyl (C=O) groups excluding carboxylic acids is 1. The van der Waals surface area contributed by atoms with Crippen molar-refractivity contribution in [1.82, 2.24) is 9.88 Å². The Morgan fingerprint density at radius 1 is 1.29 bits per heavy atom. The zero-order valence-corrected chi connectivity index (χ0v) is 19.5.